The lowest BCUT2D eigenvalue weighted by Gasteiger charge is -2.27. The van der Waals surface area contributed by atoms with Gasteiger partial charge in [0.05, 0.1) is 11.9 Å². The number of carbonyl (C=O) groups is 1. The lowest BCUT2D eigenvalue weighted by Crippen LogP contribution is -2.45. The van der Waals surface area contributed by atoms with Gasteiger partial charge in [0.25, 0.3) is 0 Å². The molecule has 0 amide bonds. The molecule has 1 saturated carbocycles. The highest BCUT2D eigenvalue weighted by Crippen LogP contribution is 2.29. The fraction of sp³-hybridized carbons (Fsp3) is 0.500. The van der Waals surface area contributed by atoms with Gasteiger partial charge in [-0.2, -0.15) is 0 Å². The Balaban J connectivity index is 1.62. The first-order valence-corrected chi connectivity index (χ1v) is 9.72. The number of carboxylic acids is 1. The van der Waals surface area contributed by atoms with Gasteiger partial charge in [0.15, 0.2) is 0 Å². The zero-order valence-corrected chi connectivity index (χ0v) is 15.0. The first-order chi connectivity index (χ1) is 11.9. The summed E-state index contributed by atoms with van der Waals surface area (Å²) in [7, 11) is 0. The number of carboxylic acid groups (broad SMARTS) is 1. The Hall–Kier alpha value is -2.04. The molecule has 6 nitrogen and oxygen atoms in total. The molecule has 2 aliphatic rings. The van der Waals surface area contributed by atoms with Crippen molar-refractivity contribution in [3.8, 4) is 11.8 Å². The highest BCUT2D eigenvalue weighted by molar-refractivity contribution is 7.92. The predicted molar refractivity (Wildman–Crippen MR) is 94.6 cm³/mol. The van der Waals surface area contributed by atoms with Gasteiger partial charge in [-0.25, -0.2) is 4.79 Å². The molecule has 1 aromatic heterocycles. The van der Waals surface area contributed by atoms with Crippen molar-refractivity contribution in [1.82, 2.24) is 4.98 Å². The molecule has 1 N–H and O–H groups in total. The van der Waals surface area contributed by atoms with Crippen molar-refractivity contribution in [2.24, 2.45) is 11.1 Å². The monoisotopic (exact) mass is 360 g/mol. The van der Waals surface area contributed by atoms with Crippen LogP contribution >= 0.6 is 0 Å². The Morgan fingerprint density at radius 1 is 1.52 bits per heavy atom. The Labute approximate surface area is 149 Å². The van der Waals surface area contributed by atoms with Crippen LogP contribution in [0.4, 0.5) is 0 Å². The number of aromatic nitrogens is 1. The maximum absolute atomic E-state index is 11.8. The Morgan fingerprint density at radius 2 is 2.28 bits per heavy atom. The summed E-state index contributed by atoms with van der Waals surface area (Å²) in [6.07, 6.45) is 5.63. The second kappa shape index (κ2) is 7.06. The molecule has 132 valence electrons. The topological polar surface area (TPSA) is 94.8 Å². The fourth-order valence-corrected chi connectivity index (χ4v) is 3.17. The summed E-state index contributed by atoms with van der Waals surface area (Å²) in [6, 6.07) is 3.74. The summed E-state index contributed by atoms with van der Waals surface area (Å²) < 4.78 is 10.5. The van der Waals surface area contributed by atoms with Crippen LogP contribution in [-0.2, 0) is 20.8 Å². The van der Waals surface area contributed by atoms with Crippen LogP contribution in [0.5, 0.6) is 0 Å². The van der Waals surface area contributed by atoms with Gasteiger partial charge in [-0.3, -0.25) is 4.98 Å². The molecule has 3 unspecified atom stereocenters. The highest BCUT2D eigenvalue weighted by atomic mass is 32.2. The number of pyridine rings is 1. The summed E-state index contributed by atoms with van der Waals surface area (Å²) >= 11 is -1.52. The predicted octanol–water partition coefficient (Wildman–Crippen LogP) is 1.95. The van der Waals surface area contributed by atoms with Crippen LogP contribution in [0.25, 0.3) is 0 Å². The first-order valence-electron chi connectivity index (χ1n) is 8.16. The smallest absolute Gasteiger partial charge is 0.360 e. The van der Waals surface area contributed by atoms with E-state index in [1.807, 2.05) is 12.1 Å². The summed E-state index contributed by atoms with van der Waals surface area (Å²) in [5.41, 5.74) is 2.22. The molecule has 25 heavy (non-hydrogen) atoms. The molecule has 1 aromatic rings. The minimum Gasteiger partial charge on any atom is -0.616 e. The van der Waals surface area contributed by atoms with Crippen molar-refractivity contribution in [3.63, 3.8) is 0 Å². The van der Waals surface area contributed by atoms with Crippen LogP contribution < -0.4 is 0 Å². The van der Waals surface area contributed by atoms with Crippen molar-refractivity contribution in [1.29, 1.82) is 0 Å². The van der Waals surface area contributed by atoms with E-state index >= 15 is 0 Å². The van der Waals surface area contributed by atoms with E-state index < -0.39 is 28.0 Å². The van der Waals surface area contributed by atoms with Gasteiger partial charge in [-0.15, -0.1) is 0 Å². The zero-order valence-electron chi connectivity index (χ0n) is 14.2. The quantitative estimate of drug-likeness (QED) is 0.640. The molecule has 2 heterocycles. The Kier molecular flexibility index (Phi) is 5.02. The molecule has 3 rings (SSSR count). The summed E-state index contributed by atoms with van der Waals surface area (Å²) in [5.74, 6) is 5.74. The van der Waals surface area contributed by atoms with E-state index in [-0.39, 0.29) is 6.42 Å². The SMILES string of the molecule is C[S+]([O-])C(C)(CC1CC(c2ccc(C#CC3CC3)cn2)=NO1)C(=O)O. The van der Waals surface area contributed by atoms with E-state index in [1.54, 1.807) is 6.20 Å². The van der Waals surface area contributed by atoms with E-state index in [9.17, 15) is 14.5 Å². The van der Waals surface area contributed by atoms with Gasteiger partial charge < -0.3 is 14.5 Å². The summed E-state index contributed by atoms with van der Waals surface area (Å²) in [4.78, 5) is 21.2. The minimum atomic E-state index is -1.52. The summed E-state index contributed by atoms with van der Waals surface area (Å²) in [6.45, 7) is 1.47. The second-order valence-corrected chi connectivity index (χ2v) is 8.45. The van der Waals surface area contributed by atoms with Gasteiger partial charge in [0.2, 0.25) is 4.75 Å². The molecule has 7 heteroatoms. The third-order valence-electron chi connectivity index (χ3n) is 4.49. The number of oxime groups is 1. The lowest BCUT2D eigenvalue weighted by molar-refractivity contribution is -0.140. The third kappa shape index (κ3) is 4.14. The minimum absolute atomic E-state index is 0.128. The molecular formula is C18H20N2O4S. The standard InChI is InChI=1S/C18H20N2O4S/c1-18(17(21)22,25(2)23)10-14-9-16(20-24-14)15-8-7-13(11-19-15)6-5-12-3-4-12/h7-8,11-12,14H,3-4,9-10H2,1-2H3,(H,21,22). The number of nitrogens with zero attached hydrogens (tertiary/aromatic N) is 2. The van der Waals surface area contributed by atoms with Crippen molar-refractivity contribution in [3.05, 3.63) is 29.6 Å². The van der Waals surface area contributed by atoms with Crippen LogP contribution in [0.15, 0.2) is 23.5 Å². The average molecular weight is 360 g/mol. The lowest BCUT2D eigenvalue weighted by atomic mass is 9.98. The molecule has 1 aliphatic carbocycles. The van der Waals surface area contributed by atoms with Crippen molar-refractivity contribution in [2.75, 3.05) is 6.26 Å². The maximum Gasteiger partial charge on any atom is 0.360 e. The van der Waals surface area contributed by atoms with Crippen molar-refractivity contribution < 1.29 is 19.3 Å². The first kappa shape index (κ1) is 17.8. The Bertz CT molecular complexity index is 747. The van der Waals surface area contributed by atoms with Gasteiger partial charge >= 0.3 is 5.97 Å². The molecule has 0 bridgehead atoms. The molecule has 3 atom stereocenters. The fourth-order valence-electron chi connectivity index (χ4n) is 2.50. The van der Waals surface area contributed by atoms with E-state index in [0.29, 0.717) is 23.7 Å². The number of hydrogen-bond donors (Lipinski definition) is 1. The maximum atomic E-state index is 11.8. The van der Waals surface area contributed by atoms with Crippen molar-refractivity contribution in [2.45, 2.75) is 43.5 Å². The van der Waals surface area contributed by atoms with Crippen LogP contribution in [0, 0.1) is 17.8 Å². The van der Waals surface area contributed by atoms with E-state index in [0.717, 1.165) is 5.56 Å². The van der Waals surface area contributed by atoms with E-state index in [4.69, 9.17) is 4.84 Å². The molecular weight excluding hydrogens is 340 g/mol. The molecule has 1 aliphatic heterocycles. The van der Waals surface area contributed by atoms with Crippen LogP contribution in [0.3, 0.4) is 0 Å². The molecule has 0 spiro atoms. The molecule has 1 fully saturated rings. The number of rotatable bonds is 5. The van der Waals surface area contributed by atoms with Crippen molar-refractivity contribution >= 4 is 22.9 Å². The highest BCUT2D eigenvalue weighted by Gasteiger charge is 2.47. The molecule has 0 radical (unpaired) electrons. The van der Waals surface area contributed by atoms with Crippen LogP contribution in [0.2, 0.25) is 0 Å². The number of aliphatic carboxylic acids is 1. The van der Waals surface area contributed by atoms with Crippen LogP contribution in [-0.4, -0.2) is 43.4 Å². The Morgan fingerprint density at radius 3 is 2.84 bits per heavy atom. The van der Waals surface area contributed by atoms with E-state index in [2.05, 4.69) is 22.0 Å². The number of hydrogen-bond acceptors (Lipinski definition) is 5. The third-order valence-corrected chi connectivity index (χ3v) is 6.10. The molecule has 0 saturated heterocycles. The second-order valence-electron chi connectivity index (χ2n) is 6.64. The molecule has 0 aromatic carbocycles. The van der Waals surface area contributed by atoms with Crippen LogP contribution in [0.1, 0.15) is 43.9 Å². The van der Waals surface area contributed by atoms with E-state index in [1.165, 1.54) is 26.0 Å². The van der Waals surface area contributed by atoms with Gasteiger partial charge in [-0.1, -0.05) is 17.0 Å². The average Bonchev–Trinajstić information content (AvgIpc) is 3.30. The van der Waals surface area contributed by atoms with Gasteiger partial charge in [0, 0.05) is 30.5 Å². The summed E-state index contributed by atoms with van der Waals surface area (Å²) in [5, 5.41) is 13.4. The van der Waals surface area contributed by atoms with Gasteiger partial charge in [0.1, 0.15) is 11.8 Å². The van der Waals surface area contributed by atoms with Gasteiger partial charge in [-0.05, 0) is 43.1 Å². The normalized spacial score (nSPS) is 22.8. The zero-order chi connectivity index (χ0) is 18.0. The largest absolute Gasteiger partial charge is 0.616 e.